The molecule has 0 saturated carbocycles. The van der Waals surface area contributed by atoms with E-state index in [9.17, 15) is 29.7 Å². The van der Waals surface area contributed by atoms with Crippen molar-refractivity contribution in [3.05, 3.63) is 106 Å². The number of imide groups is 3. The molecule has 3 aromatic rings. The summed E-state index contributed by atoms with van der Waals surface area (Å²) in [7, 11) is -1.97. The third kappa shape index (κ3) is 7.47. The quantitative estimate of drug-likeness (QED) is 0.127. The minimum Gasteiger partial charge on any atom is -0.508 e. The van der Waals surface area contributed by atoms with Crippen LogP contribution in [0.2, 0.25) is 10.1 Å². The van der Waals surface area contributed by atoms with E-state index in [4.69, 9.17) is 20.8 Å². The number of aromatic hydroxyl groups is 1. The second-order valence-corrected chi connectivity index (χ2v) is 19.1. The first-order chi connectivity index (χ1) is 24.2. The fourth-order valence-electron chi connectivity index (χ4n) is 7.81. The molecule has 1 aliphatic carbocycles. The third-order valence-electron chi connectivity index (χ3n) is 10.2. The first-order valence-electron chi connectivity index (χ1n) is 17.1. The highest BCUT2D eigenvalue weighted by atomic mass is 35.5. The normalized spacial score (nSPS) is 20.4. The first-order valence-corrected chi connectivity index (χ1v) is 19.4. The Kier molecular flexibility index (Phi) is 11.7. The van der Waals surface area contributed by atoms with Gasteiger partial charge in [-0.1, -0.05) is 105 Å². The molecule has 0 spiro atoms. The molecule has 1 aliphatic heterocycles. The van der Waals surface area contributed by atoms with Crippen molar-refractivity contribution in [1.29, 1.82) is 0 Å². The highest BCUT2D eigenvalue weighted by Crippen LogP contribution is 2.47. The van der Waals surface area contributed by atoms with Crippen LogP contribution >= 0.6 is 11.6 Å². The SMILES string of the molecule is COC(=O)N1C(=O)[C@@H]2[C@@H](CC(CO[Si](c3ccccc3)(c3ccccc3)C(C)(C)C)=C([C@H](O)CC/C(C)=C/c3ccc(O)cc3Cl)[C@@H]2CO)C1=O. The van der Waals surface area contributed by atoms with E-state index in [1.807, 2.05) is 49.4 Å². The molecule has 51 heavy (non-hydrogen) atoms. The van der Waals surface area contributed by atoms with Crippen molar-refractivity contribution >= 4 is 54.3 Å². The van der Waals surface area contributed by atoms with Crippen molar-refractivity contribution in [2.45, 2.75) is 58.1 Å². The average molecular weight is 732 g/mol. The van der Waals surface area contributed by atoms with Gasteiger partial charge in [0.05, 0.1) is 43.3 Å². The van der Waals surface area contributed by atoms with Gasteiger partial charge in [0.1, 0.15) is 5.75 Å². The lowest BCUT2D eigenvalue weighted by atomic mass is 9.68. The summed E-state index contributed by atoms with van der Waals surface area (Å²) in [5.41, 5.74) is 2.71. The van der Waals surface area contributed by atoms with E-state index in [1.54, 1.807) is 12.1 Å². The topological polar surface area (TPSA) is 134 Å². The Labute approximate surface area is 305 Å². The Bertz CT molecular complexity index is 1780. The number of aliphatic hydroxyl groups excluding tert-OH is 2. The van der Waals surface area contributed by atoms with Gasteiger partial charge in [-0.2, -0.15) is 4.90 Å². The van der Waals surface area contributed by atoms with E-state index >= 15 is 0 Å². The number of aliphatic hydroxyl groups is 2. The summed E-state index contributed by atoms with van der Waals surface area (Å²) in [6, 6.07) is 24.9. The first kappa shape index (κ1) is 38.2. The number of likely N-dealkylation sites (tertiary alicyclic amines) is 1. The predicted octanol–water partition coefficient (Wildman–Crippen LogP) is 5.84. The number of phenolic OH excluding ortho intramolecular Hbond substituents is 1. The number of methoxy groups -OCH3 is 1. The molecular formula is C40H46ClNO8Si. The molecule has 5 rings (SSSR count). The van der Waals surface area contributed by atoms with Crippen LogP contribution < -0.4 is 10.4 Å². The molecule has 0 radical (unpaired) electrons. The molecule has 2 aliphatic rings. The number of carbonyl (C=O) groups is 3. The van der Waals surface area contributed by atoms with Gasteiger partial charge in [0, 0.05) is 5.92 Å². The zero-order valence-electron chi connectivity index (χ0n) is 29.6. The summed E-state index contributed by atoms with van der Waals surface area (Å²) in [5, 5.41) is 34.7. The van der Waals surface area contributed by atoms with Crippen molar-refractivity contribution in [3.8, 4) is 5.75 Å². The number of allylic oxidation sites excluding steroid dienone is 1. The lowest BCUT2D eigenvalue weighted by molar-refractivity contribution is -0.137. The summed E-state index contributed by atoms with van der Waals surface area (Å²) in [6.07, 6.45) is 0.461. The Morgan fingerprint density at radius 1 is 1.02 bits per heavy atom. The zero-order chi connectivity index (χ0) is 37.1. The highest BCUT2D eigenvalue weighted by molar-refractivity contribution is 6.99. The van der Waals surface area contributed by atoms with Gasteiger partial charge in [0.2, 0.25) is 11.8 Å². The third-order valence-corrected chi connectivity index (χ3v) is 15.5. The van der Waals surface area contributed by atoms with E-state index in [0.717, 1.165) is 23.1 Å². The standard InChI is InChI=1S/C40H46ClNO8Si/c1-25(20-26-17-18-28(44)22-33(26)41)16-19-34(45)35-27(21-31-36(32(35)23-43)38(47)42(37(31)46)39(48)49-5)24-50-51(40(2,3)4,29-12-8-6-9-13-29)30-14-10-7-11-15-30/h6-15,17-18,20,22,31-32,34,36,43-45H,16,19,21,23-24H2,1-5H3/b25-20+/t31-,32+,34-,36-/m1/s1. The lowest BCUT2D eigenvalue weighted by Crippen LogP contribution is -2.66. The van der Waals surface area contributed by atoms with Crippen molar-refractivity contribution < 1.29 is 38.9 Å². The number of benzene rings is 3. The van der Waals surface area contributed by atoms with Gasteiger partial charge in [0.25, 0.3) is 8.32 Å². The molecule has 0 aromatic heterocycles. The molecule has 3 aromatic carbocycles. The number of hydrogen-bond acceptors (Lipinski definition) is 8. The number of fused-ring (bicyclic) bond motifs is 1. The Morgan fingerprint density at radius 2 is 1.63 bits per heavy atom. The monoisotopic (exact) mass is 731 g/mol. The van der Waals surface area contributed by atoms with Crippen LogP contribution in [0.1, 0.15) is 52.5 Å². The van der Waals surface area contributed by atoms with Crippen LogP contribution in [-0.4, -0.2) is 72.9 Å². The molecule has 1 fully saturated rings. The van der Waals surface area contributed by atoms with Crippen LogP contribution in [0.5, 0.6) is 5.75 Å². The second-order valence-electron chi connectivity index (χ2n) is 14.4. The number of ether oxygens (including phenoxy) is 1. The maximum absolute atomic E-state index is 13.7. The van der Waals surface area contributed by atoms with Gasteiger partial charge >= 0.3 is 6.09 Å². The van der Waals surface area contributed by atoms with Gasteiger partial charge < -0.3 is 24.5 Å². The van der Waals surface area contributed by atoms with Gasteiger partial charge in [-0.05, 0) is 76.5 Å². The molecule has 4 atom stereocenters. The number of amides is 3. The summed E-state index contributed by atoms with van der Waals surface area (Å²) in [6.45, 7) is 7.88. The molecule has 1 saturated heterocycles. The molecular weight excluding hydrogens is 686 g/mol. The van der Waals surface area contributed by atoms with E-state index in [2.05, 4.69) is 45.0 Å². The predicted molar refractivity (Wildman–Crippen MR) is 199 cm³/mol. The average Bonchev–Trinajstić information content (AvgIpc) is 3.36. The minimum absolute atomic E-state index is 0.0387. The van der Waals surface area contributed by atoms with Crippen LogP contribution in [0.15, 0.2) is 95.6 Å². The summed E-state index contributed by atoms with van der Waals surface area (Å²) < 4.78 is 12.0. The molecule has 0 bridgehead atoms. The highest BCUT2D eigenvalue weighted by Gasteiger charge is 2.58. The summed E-state index contributed by atoms with van der Waals surface area (Å²) >= 11 is 6.33. The van der Waals surface area contributed by atoms with Gasteiger partial charge in [-0.25, -0.2) is 4.79 Å². The van der Waals surface area contributed by atoms with Crippen LogP contribution in [0.25, 0.3) is 6.08 Å². The number of carbonyl (C=O) groups excluding carboxylic acids is 3. The smallest absolute Gasteiger partial charge is 0.423 e. The van der Waals surface area contributed by atoms with Gasteiger partial charge in [-0.3, -0.25) is 9.59 Å². The lowest BCUT2D eigenvalue weighted by Gasteiger charge is -2.44. The number of nitrogens with zero attached hydrogens (tertiary/aromatic N) is 1. The summed E-state index contributed by atoms with van der Waals surface area (Å²) in [5.74, 6) is -4.28. The molecule has 11 heteroatoms. The maximum atomic E-state index is 13.7. The molecule has 0 unspecified atom stereocenters. The van der Waals surface area contributed by atoms with Crippen molar-refractivity contribution in [1.82, 2.24) is 4.90 Å². The number of rotatable bonds is 11. The van der Waals surface area contributed by atoms with E-state index < -0.39 is 56.7 Å². The van der Waals surface area contributed by atoms with E-state index in [1.165, 1.54) is 6.07 Å². The minimum atomic E-state index is -3.07. The maximum Gasteiger partial charge on any atom is 0.423 e. The largest absolute Gasteiger partial charge is 0.508 e. The Balaban J connectivity index is 1.58. The molecule has 270 valence electrons. The molecule has 3 N–H and O–H groups in total. The second kappa shape index (κ2) is 15.7. The number of phenols is 1. The van der Waals surface area contributed by atoms with Crippen molar-refractivity contribution in [2.24, 2.45) is 17.8 Å². The van der Waals surface area contributed by atoms with Crippen LogP contribution in [-0.2, 0) is 18.8 Å². The number of hydrogen-bond donors (Lipinski definition) is 3. The summed E-state index contributed by atoms with van der Waals surface area (Å²) in [4.78, 5) is 40.4. The fourth-order valence-corrected chi connectivity index (χ4v) is 12.6. The van der Waals surface area contributed by atoms with Gasteiger partial charge in [-0.15, -0.1) is 0 Å². The van der Waals surface area contributed by atoms with Crippen LogP contribution in [0.4, 0.5) is 4.79 Å². The molecule has 9 nitrogen and oxygen atoms in total. The van der Waals surface area contributed by atoms with E-state index in [0.29, 0.717) is 33.1 Å². The number of halogens is 1. The fraction of sp³-hybridized carbons (Fsp3) is 0.375. The van der Waals surface area contributed by atoms with Crippen LogP contribution in [0, 0.1) is 17.8 Å². The van der Waals surface area contributed by atoms with Gasteiger partial charge in [0.15, 0.2) is 0 Å². The molecule has 1 heterocycles. The van der Waals surface area contributed by atoms with Crippen molar-refractivity contribution in [3.63, 3.8) is 0 Å². The van der Waals surface area contributed by atoms with E-state index in [-0.39, 0.29) is 30.2 Å². The zero-order valence-corrected chi connectivity index (χ0v) is 31.4. The van der Waals surface area contributed by atoms with Crippen LogP contribution in [0.3, 0.4) is 0 Å². The molecule has 3 amide bonds. The Morgan fingerprint density at radius 3 is 2.16 bits per heavy atom. The van der Waals surface area contributed by atoms with Crippen molar-refractivity contribution in [2.75, 3.05) is 20.3 Å². The Hall–Kier alpha value is -4.06.